The highest BCUT2D eigenvalue weighted by molar-refractivity contribution is 14.1. The van der Waals surface area contributed by atoms with E-state index in [9.17, 15) is 9.90 Å². The van der Waals surface area contributed by atoms with E-state index in [-0.39, 0.29) is 30.3 Å². The molecule has 0 amide bonds. The number of benzene rings is 1. The van der Waals surface area contributed by atoms with Crippen molar-refractivity contribution in [2.75, 3.05) is 13.2 Å². The fourth-order valence-corrected chi connectivity index (χ4v) is 2.59. The number of carbonyl (C=O) groups is 1. The van der Waals surface area contributed by atoms with E-state index in [1.165, 1.54) is 6.07 Å². The van der Waals surface area contributed by atoms with E-state index in [0.717, 1.165) is 0 Å². The van der Waals surface area contributed by atoms with Crippen molar-refractivity contribution in [1.82, 2.24) is 4.57 Å². The summed E-state index contributed by atoms with van der Waals surface area (Å²) in [5.74, 6) is -1.26. The molecule has 0 spiro atoms. The van der Waals surface area contributed by atoms with Crippen LogP contribution in [0, 0.1) is 3.57 Å². The Balaban J connectivity index is 2.64. The van der Waals surface area contributed by atoms with Gasteiger partial charge >= 0.3 is 5.97 Å². The second-order valence-corrected chi connectivity index (χ2v) is 4.98. The van der Waals surface area contributed by atoms with Crippen molar-refractivity contribution in [2.24, 2.45) is 0 Å². The number of halogens is 1. The number of nitrogens with zero attached hydrogens (tertiary/aromatic N) is 1. The molecular formula is C13H12INO5. The molecule has 6 nitrogen and oxygen atoms in total. The number of hydrogen-bond acceptors (Lipinski definition) is 4. The molecule has 2 rings (SSSR count). The van der Waals surface area contributed by atoms with Crippen LogP contribution in [-0.4, -0.2) is 39.1 Å². The summed E-state index contributed by atoms with van der Waals surface area (Å²) in [5, 5.41) is 27.9. The lowest BCUT2D eigenvalue weighted by atomic mass is 10.1. The van der Waals surface area contributed by atoms with Gasteiger partial charge in [0.15, 0.2) is 0 Å². The van der Waals surface area contributed by atoms with Crippen molar-refractivity contribution in [1.29, 1.82) is 0 Å². The maximum absolute atomic E-state index is 11.1. The summed E-state index contributed by atoms with van der Waals surface area (Å²) in [7, 11) is 0. The lowest BCUT2D eigenvalue weighted by Gasteiger charge is -2.16. The number of rotatable bonds is 5. The van der Waals surface area contributed by atoms with Crippen molar-refractivity contribution in [3.05, 3.63) is 39.7 Å². The van der Waals surface area contributed by atoms with Crippen LogP contribution < -0.4 is 4.74 Å². The number of phenols is 1. The Labute approximate surface area is 128 Å². The first-order valence-electron chi connectivity index (χ1n) is 5.72. The molecule has 20 heavy (non-hydrogen) atoms. The van der Waals surface area contributed by atoms with Gasteiger partial charge in [-0.25, -0.2) is 4.79 Å². The van der Waals surface area contributed by atoms with Gasteiger partial charge in [0.2, 0.25) is 0 Å². The molecule has 0 saturated heterocycles. The molecule has 0 saturated carbocycles. The monoisotopic (exact) mass is 389 g/mol. The van der Waals surface area contributed by atoms with Crippen molar-refractivity contribution in [3.8, 4) is 17.2 Å². The first kappa shape index (κ1) is 14.7. The van der Waals surface area contributed by atoms with Gasteiger partial charge in [-0.1, -0.05) is 0 Å². The zero-order chi connectivity index (χ0) is 14.7. The molecule has 7 heteroatoms. The minimum absolute atomic E-state index is 0.0359. The Morgan fingerprint density at radius 2 is 2.00 bits per heavy atom. The molecule has 0 aliphatic rings. The van der Waals surface area contributed by atoms with E-state index < -0.39 is 5.97 Å². The number of aliphatic hydroxyl groups is 1. The summed E-state index contributed by atoms with van der Waals surface area (Å²) in [4.78, 5) is 11.1. The molecule has 2 aromatic rings. The Morgan fingerprint density at radius 3 is 2.55 bits per heavy atom. The Bertz CT molecular complexity index is 624. The Hall–Kier alpha value is -1.74. The number of aromatic nitrogens is 1. The van der Waals surface area contributed by atoms with Crippen LogP contribution in [0.4, 0.5) is 0 Å². The van der Waals surface area contributed by atoms with Crippen LogP contribution in [-0.2, 0) is 0 Å². The van der Waals surface area contributed by atoms with Gasteiger partial charge in [0.05, 0.1) is 10.2 Å². The van der Waals surface area contributed by atoms with Crippen LogP contribution in [0.1, 0.15) is 10.4 Å². The average molecular weight is 389 g/mol. The standard InChI is InChI=1S/C13H12INO5/c14-10-11(15-3-1-2-4-15)9(20-6-5-16)7-8(12(10)17)13(18)19/h1-4,7,16-17H,5-6H2,(H,18,19). The molecule has 0 atom stereocenters. The maximum Gasteiger partial charge on any atom is 0.339 e. The average Bonchev–Trinajstić information content (AvgIpc) is 2.93. The van der Waals surface area contributed by atoms with E-state index in [1.807, 2.05) is 22.6 Å². The molecule has 1 aromatic carbocycles. The smallest absolute Gasteiger partial charge is 0.339 e. The first-order valence-corrected chi connectivity index (χ1v) is 6.80. The Morgan fingerprint density at radius 1 is 1.35 bits per heavy atom. The van der Waals surface area contributed by atoms with Gasteiger partial charge in [-0.15, -0.1) is 0 Å². The lowest BCUT2D eigenvalue weighted by Crippen LogP contribution is -2.09. The molecule has 0 bridgehead atoms. The predicted molar refractivity (Wildman–Crippen MR) is 79.7 cm³/mol. The second kappa shape index (κ2) is 6.14. The van der Waals surface area contributed by atoms with Gasteiger partial charge in [0, 0.05) is 18.5 Å². The highest BCUT2D eigenvalue weighted by Gasteiger charge is 2.21. The molecule has 0 radical (unpaired) electrons. The lowest BCUT2D eigenvalue weighted by molar-refractivity contribution is 0.0693. The fraction of sp³-hybridized carbons (Fsp3) is 0.154. The normalized spacial score (nSPS) is 10.5. The summed E-state index contributed by atoms with van der Waals surface area (Å²) in [5.41, 5.74) is 0.296. The zero-order valence-corrected chi connectivity index (χ0v) is 12.4. The first-order chi connectivity index (χ1) is 9.56. The summed E-state index contributed by atoms with van der Waals surface area (Å²) in [6.45, 7) is -0.154. The number of aromatic carboxylic acids is 1. The topological polar surface area (TPSA) is 91.9 Å². The van der Waals surface area contributed by atoms with Crippen molar-refractivity contribution in [2.45, 2.75) is 0 Å². The molecule has 0 unspecified atom stereocenters. The quantitative estimate of drug-likeness (QED) is 0.680. The number of aliphatic hydroxyl groups excluding tert-OH is 1. The Kier molecular flexibility index (Phi) is 4.50. The second-order valence-electron chi connectivity index (χ2n) is 3.90. The molecule has 1 heterocycles. The van der Waals surface area contributed by atoms with Crippen LogP contribution in [0.15, 0.2) is 30.6 Å². The largest absolute Gasteiger partial charge is 0.506 e. The van der Waals surface area contributed by atoms with Crippen LogP contribution in [0.25, 0.3) is 5.69 Å². The van der Waals surface area contributed by atoms with E-state index in [4.69, 9.17) is 14.9 Å². The third kappa shape index (κ3) is 2.73. The molecule has 0 aliphatic carbocycles. The van der Waals surface area contributed by atoms with Crippen LogP contribution in [0.5, 0.6) is 11.5 Å². The fourth-order valence-electron chi connectivity index (χ4n) is 1.76. The summed E-state index contributed by atoms with van der Waals surface area (Å²) in [6, 6.07) is 4.85. The predicted octanol–water partition coefficient (Wildman–Crippen LogP) is 1.86. The van der Waals surface area contributed by atoms with Crippen LogP contribution >= 0.6 is 22.6 Å². The van der Waals surface area contributed by atoms with Gasteiger partial charge < -0.3 is 24.6 Å². The molecule has 1 aromatic heterocycles. The van der Waals surface area contributed by atoms with Crippen molar-refractivity contribution < 1.29 is 24.9 Å². The molecule has 0 aliphatic heterocycles. The van der Waals surface area contributed by atoms with E-state index >= 15 is 0 Å². The zero-order valence-electron chi connectivity index (χ0n) is 10.3. The minimum Gasteiger partial charge on any atom is -0.506 e. The molecule has 106 valence electrons. The maximum atomic E-state index is 11.1. The van der Waals surface area contributed by atoms with Gasteiger partial charge in [-0.05, 0) is 34.7 Å². The molecule has 3 N–H and O–H groups in total. The molecular weight excluding hydrogens is 377 g/mol. The highest BCUT2D eigenvalue weighted by atomic mass is 127. The van der Waals surface area contributed by atoms with E-state index in [0.29, 0.717) is 9.26 Å². The third-order valence-corrected chi connectivity index (χ3v) is 3.64. The van der Waals surface area contributed by atoms with E-state index in [1.54, 1.807) is 29.1 Å². The van der Waals surface area contributed by atoms with Gasteiger partial charge in [-0.3, -0.25) is 0 Å². The molecule has 0 fully saturated rings. The van der Waals surface area contributed by atoms with Gasteiger partial charge in [-0.2, -0.15) is 0 Å². The SMILES string of the molecule is O=C(O)c1cc(OCCO)c(-n2cccc2)c(I)c1O. The van der Waals surface area contributed by atoms with Crippen molar-refractivity contribution in [3.63, 3.8) is 0 Å². The number of ether oxygens (including phenoxy) is 1. The summed E-state index contributed by atoms with van der Waals surface area (Å²) < 4.78 is 7.46. The van der Waals surface area contributed by atoms with Crippen molar-refractivity contribution >= 4 is 28.6 Å². The van der Waals surface area contributed by atoms with E-state index in [2.05, 4.69) is 0 Å². The van der Waals surface area contributed by atoms with Crippen LogP contribution in [0.3, 0.4) is 0 Å². The number of aromatic hydroxyl groups is 1. The number of carboxylic acids is 1. The number of carboxylic acid groups (broad SMARTS) is 1. The van der Waals surface area contributed by atoms with Crippen LogP contribution in [0.2, 0.25) is 0 Å². The highest BCUT2D eigenvalue weighted by Crippen LogP contribution is 2.37. The summed E-state index contributed by atoms with van der Waals surface area (Å²) in [6.07, 6.45) is 3.51. The summed E-state index contributed by atoms with van der Waals surface area (Å²) >= 11 is 1.87. The minimum atomic E-state index is -1.24. The van der Waals surface area contributed by atoms with Gasteiger partial charge in [0.1, 0.15) is 29.4 Å². The third-order valence-electron chi connectivity index (χ3n) is 2.62. The number of hydrogen-bond donors (Lipinski definition) is 3. The van der Waals surface area contributed by atoms with Gasteiger partial charge in [0.25, 0.3) is 0 Å².